The van der Waals surface area contributed by atoms with Gasteiger partial charge < -0.3 is 13.9 Å². The monoisotopic (exact) mass is 392 g/mol. The third-order valence-corrected chi connectivity index (χ3v) is 4.61. The first kappa shape index (κ1) is 18.7. The number of benzene rings is 3. The highest BCUT2D eigenvalue weighted by Crippen LogP contribution is 2.38. The van der Waals surface area contributed by atoms with Gasteiger partial charge in [0.2, 0.25) is 0 Å². The highest BCUT2D eigenvalue weighted by atomic mass is 19.1. The molecule has 0 saturated heterocycles. The number of carbonyl (C=O) groups is 2. The molecule has 5 nitrogen and oxygen atoms in total. The van der Waals surface area contributed by atoms with Crippen LogP contribution in [-0.2, 0) is 4.74 Å². The van der Waals surface area contributed by atoms with Crippen LogP contribution < -0.4 is 4.74 Å². The van der Waals surface area contributed by atoms with E-state index in [0.29, 0.717) is 27.5 Å². The van der Waals surface area contributed by atoms with Gasteiger partial charge in [-0.05, 0) is 32.0 Å². The van der Waals surface area contributed by atoms with E-state index in [2.05, 4.69) is 0 Å². The minimum atomic E-state index is -0.828. The van der Waals surface area contributed by atoms with E-state index in [1.165, 1.54) is 18.2 Å². The maximum atomic E-state index is 14.0. The van der Waals surface area contributed by atoms with Gasteiger partial charge in [0, 0.05) is 16.2 Å². The summed E-state index contributed by atoms with van der Waals surface area (Å²) in [5.41, 5.74) is 0.591. The van der Waals surface area contributed by atoms with E-state index in [4.69, 9.17) is 13.9 Å². The molecule has 1 aromatic heterocycles. The van der Waals surface area contributed by atoms with Gasteiger partial charge >= 0.3 is 11.9 Å². The Hall–Kier alpha value is -3.67. The van der Waals surface area contributed by atoms with Gasteiger partial charge in [-0.1, -0.05) is 36.4 Å². The SMILES string of the molecule is CCOC(=O)c1c(C)oc2c1cc(OC(=O)c1ccccc1F)c1ccccc12. The number of carbonyl (C=O) groups excluding carboxylic acids is 2. The molecule has 0 radical (unpaired) electrons. The number of hydrogen-bond donors (Lipinski definition) is 0. The number of furan rings is 1. The lowest BCUT2D eigenvalue weighted by Crippen LogP contribution is -2.11. The van der Waals surface area contributed by atoms with Crippen molar-refractivity contribution in [3.8, 4) is 5.75 Å². The standard InChI is InChI=1S/C23H17FO5/c1-3-27-23(26)20-13(2)28-21-15-9-5-4-8-14(15)19(12-17(20)21)29-22(25)16-10-6-7-11-18(16)24/h4-12H,3H2,1-2H3. The fourth-order valence-electron chi connectivity index (χ4n) is 3.33. The van der Waals surface area contributed by atoms with Crippen LogP contribution in [0, 0.1) is 12.7 Å². The smallest absolute Gasteiger partial charge is 0.346 e. The molecule has 0 bridgehead atoms. The van der Waals surface area contributed by atoms with Gasteiger partial charge in [-0.15, -0.1) is 0 Å². The molecule has 0 aliphatic rings. The number of esters is 2. The van der Waals surface area contributed by atoms with Crippen molar-refractivity contribution in [3.05, 3.63) is 77.3 Å². The summed E-state index contributed by atoms with van der Waals surface area (Å²) in [4.78, 5) is 25.0. The van der Waals surface area contributed by atoms with Crippen molar-refractivity contribution >= 4 is 33.7 Å². The fourth-order valence-corrected chi connectivity index (χ4v) is 3.33. The van der Waals surface area contributed by atoms with Crippen molar-refractivity contribution in [3.63, 3.8) is 0 Å². The molecule has 0 fully saturated rings. The van der Waals surface area contributed by atoms with Crippen molar-refractivity contribution in [2.24, 2.45) is 0 Å². The van der Waals surface area contributed by atoms with Crippen LogP contribution in [0.1, 0.15) is 33.4 Å². The molecule has 4 rings (SSSR count). The molecule has 0 aliphatic carbocycles. The zero-order valence-electron chi connectivity index (χ0n) is 15.8. The number of aryl methyl sites for hydroxylation is 1. The van der Waals surface area contributed by atoms with Crippen molar-refractivity contribution in [1.82, 2.24) is 0 Å². The van der Waals surface area contributed by atoms with Gasteiger partial charge in [-0.25, -0.2) is 14.0 Å². The van der Waals surface area contributed by atoms with Gasteiger partial charge in [0.25, 0.3) is 0 Å². The van der Waals surface area contributed by atoms with Crippen molar-refractivity contribution < 1.29 is 27.9 Å². The lowest BCUT2D eigenvalue weighted by Gasteiger charge is -2.09. The first-order valence-electron chi connectivity index (χ1n) is 9.10. The van der Waals surface area contributed by atoms with Crippen molar-refractivity contribution in [2.75, 3.05) is 6.61 Å². The predicted octanol–water partition coefficient (Wildman–Crippen LogP) is 5.43. The highest BCUT2D eigenvalue weighted by molar-refractivity contribution is 6.15. The molecule has 0 spiro atoms. The molecule has 0 saturated carbocycles. The number of rotatable bonds is 4. The quantitative estimate of drug-likeness (QED) is 0.342. The zero-order valence-corrected chi connectivity index (χ0v) is 15.8. The molecular formula is C23H17FO5. The summed E-state index contributed by atoms with van der Waals surface area (Å²) >= 11 is 0. The Kier molecular flexibility index (Phi) is 4.76. The first-order valence-corrected chi connectivity index (χ1v) is 9.10. The highest BCUT2D eigenvalue weighted by Gasteiger charge is 2.24. The Labute approximate surface area is 165 Å². The minimum absolute atomic E-state index is 0.175. The lowest BCUT2D eigenvalue weighted by molar-refractivity contribution is 0.0526. The lowest BCUT2D eigenvalue weighted by atomic mass is 10.0. The van der Waals surface area contributed by atoms with Gasteiger partial charge in [-0.2, -0.15) is 0 Å². The molecule has 0 atom stereocenters. The molecule has 0 amide bonds. The molecule has 1 heterocycles. The summed E-state index contributed by atoms with van der Waals surface area (Å²) in [6, 6.07) is 14.3. The molecule has 4 aromatic rings. The Morgan fingerprint density at radius 1 is 0.966 bits per heavy atom. The normalized spacial score (nSPS) is 11.0. The molecule has 146 valence electrons. The second-order valence-electron chi connectivity index (χ2n) is 6.42. The Morgan fingerprint density at radius 3 is 2.38 bits per heavy atom. The molecule has 0 aliphatic heterocycles. The molecule has 0 unspecified atom stereocenters. The van der Waals surface area contributed by atoms with Gasteiger partial charge in [0.1, 0.15) is 28.5 Å². The van der Waals surface area contributed by atoms with E-state index in [1.54, 1.807) is 44.2 Å². The van der Waals surface area contributed by atoms with Crippen LogP contribution >= 0.6 is 0 Å². The Morgan fingerprint density at radius 2 is 1.66 bits per heavy atom. The molecule has 29 heavy (non-hydrogen) atoms. The van der Waals surface area contributed by atoms with Gasteiger partial charge in [-0.3, -0.25) is 0 Å². The second kappa shape index (κ2) is 7.39. The summed E-state index contributed by atoms with van der Waals surface area (Å²) in [6.45, 7) is 3.60. The minimum Gasteiger partial charge on any atom is -0.462 e. The van der Waals surface area contributed by atoms with Crippen LogP contribution in [0.25, 0.3) is 21.7 Å². The summed E-state index contributed by atoms with van der Waals surface area (Å²) < 4.78 is 30.5. The molecule has 0 N–H and O–H groups in total. The number of fused-ring (bicyclic) bond motifs is 3. The predicted molar refractivity (Wildman–Crippen MR) is 106 cm³/mol. The van der Waals surface area contributed by atoms with E-state index in [-0.39, 0.29) is 23.5 Å². The fraction of sp³-hybridized carbons (Fsp3) is 0.130. The third kappa shape index (κ3) is 3.23. The van der Waals surface area contributed by atoms with Crippen LogP contribution in [0.3, 0.4) is 0 Å². The summed E-state index contributed by atoms with van der Waals surface area (Å²) in [5, 5.41) is 1.74. The van der Waals surface area contributed by atoms with Crippen LogP contribution in [0.2, 0.25) is 0 Å². The van der Waals surface area contributed by atoms with E-state index in [9.17, 15) is 14.0 Å². The van der Waals surface area contributed by atoms with Crippen molar-refractivity contribution in [1.29, 1.82) is 0 Å². The summed E-state index contributed by atoms with van der Waals surface area (Å²) in [5.74, 6) is -1.42. The summed E-state index contributed by atoms with van der Waals surface area (Å²) in [7, 11) is 0. The van der Waals surface area contributed by atoms with Crippen LogP contribution in [-0.4, -0.2) is 18.5 Å². The molecular weight excluding hydrogens is 375 g/mol. The van der Waals surface area contributed by atoms with E-state index < -0.39 is 17.8 Å². The average molecular weight is 392 g/mol. The van der Waals surface area contributed by atoms with Crippen LogP contribution in [0.15, 0.2) is 59.0 Å². The van der Waals surface area contributed by atoms with Crippen LogP contribution in [0.5, 0.6) is 5.75 Å². The second-order valence-corrected chi connectivity index (χ2v) is 6.42. The average Bonchev–Trinajstić information content (AvgIpc) is 3.04. The van der Waals surface area contributed by atoms with Crippen molar-refractivity contribution in [2.45, 2.75) is 13.8 Å². The van der Waals surface area contributed by atoms with Crippen LogP contribution in [0.4, 0.5) is 4.39 Å². The van der Waals surface area contributed by atoms with E-state index in [0.717, 1.165) is 0 Å². The zero-order chi connectivity index (χ0) is 20.5. The topological polar surface area (TPSA) is 65.7 Å². The van der Waals surface area contributed by atoms with E-state index >= 15 is 0 Å². The third-order valence-electron chi connectivity index (χ3n) is 4.61. The number of halogens is 1. The Balaban J connectivity index is 1.91. The van der Waals surface area contributed by atoms with Gasteiger partial charge in [0.15, 0.2) is 0 Å². The van der Waals surface area contributed by atoms with Gasteiger partial charge in [0.05, 0.1) is 12.2 Å². The first-order chi connectivity index (χ1) is 14.0. The maximum Gasteiger partial charge on any atom is 0.346 e. The molecule has 6 heteroatoms. The number of ether oxygens (including phenoxy) is 2. The number of hydrogen-bond acceptors (Lipinski definition) is 5. The largest absolute Gasteiger partial charge is 0.462 e. The summed E-state index contributed by atoms with van der Waals surface area (Å²) in [6.07, 6.45) is 0. The molecule has 3 aromatic carbocycles. The maximum absolute atomic E-state index is 14.0. The Bertz CT molecular complexity index is 1260. The van der Waals surface area contributed by atoms with E-state index in [1.807, 2.05) is 6.07 Å².